The van der Waals surface area contributed by atoms with E-state index in [-0.39, 0.29) is 0 Å². The summed E-state index contributed by atoms with van der Waals surface area (Å²) in [4.78, 5) is 2.42. The number of hydrogen-bond acceptors (Lipinski definition) is 3. The minimum atomic E-state index is 0.449. The summed E-state index contributed by atoms with van der Waals surface area (Å²) in [5.74, 6) is 0. The van der Waals surface area contributed by atoms with Crippen LogP contribution in [-0.4, -0.2) is 50.5 Å². The van der Waals surface area contributed by atoms with Crippen LogP contribution in [0.2, 0.25) is 0 Å². The van der Waals surface area contributed by atoms with Crippen molar-refractivity contribution in [3.8, 4) is 0 Å². The van der Waals surface area contributed by atoms with Crippen molar-refractivity contribution in [3.63, 3.8) is 0 Å². The molecule has 1 saturated carbocycles. The molecular formula is C10H19NO2. The summed E-state index contributed by atoms with van der Waals surface area (Å²) < 4.78 is 11.2. The molecule has 76 valence electrons. The summed E-state index contributed by atoms with van der Waals surface area (Å²) in [6.07, 6.45) is 4.37. The van der Waals surface area contributed by atoms with Crippen LogP contribution in [0.3, 0.4) is 0 Å². The summed E-state index contributed by atoms with van der Waals surface area (Å²) in [5.41, 5.74) is 0. The van der Waals surface area contributed by atoms with Crippen molar-refractivity contribution in [1.29, 1.82) is 0 Å². The summed E-state index contributed by atoms with van der Waals surface area (Å²) in [7, 11) is 4.01. The highest BCUT2D eigenvalue weighted by molar-refractivity contribution is 4.89. The molecule has 2 aliphatic rings. The van der Waals surface area contributed by atoms with Crippen LogP contribution in [0.25, 0.3) is 0 Å². The third-order valence-electron chi connectivity index (χ3n) is 3.38. The molecule has 1 saturated heterocycles. The first kappa shape index (κ1) is 9.44. The maximum Gasteiger partial charge on any atom is 0.0732 e. The van der Waals surface area contributed by atoms with Crippen LogP contribution >= 0.6 is 0 Å². The second-order valence-corrected chi connectivity index (χ2v) is 4.13. The number of morpholine rings is 1. The van der Waals surface area contributed by atoms with E-state index >= 15 is 0 Å². The van der Waals surface area contributed by atoms with E-state index in [0.717, 1.165) is 32.4 Å². The first-order chi connectivity index (χ1) is 6.31. The zero-order valence-electron chi connectivity index (χ0n) is 8.53. The van der Waals surface area contributed by atoms with Crippen molar-refractivity contribution in [2.45, 2.75) is 37.5 Å². The van der Waals surface area contributed by atoms with Gasteiger partial charge < -0.3 is 9.47 Å². The predicted octanol–water partition coefficient (Wildman–Crippen LogP) is 0.884. The molecular weight excluding hydrogens is 166 g/mol. The Morgan fingerprint density at radius 2 is 2.23 bits per heavy atom. The Morgan fingerprint density at radius 3 is 3.00 bits per heavy atom. The summed E-state index contributed by atoms with van der Waals surface area (Å²) in [6.45, 7) is 1.97. The third kappa shape index (κ3) is 1.87. The lowest BCUT2D eigenvalue weighted by Crippen LogP contribution is -2.53. The second kappa shape index (κ2) is 3.95. The highest BCUT2D eigenvalue weighted by Crippen LogP contribution is 2.28. The van der Waals surface area contributed by atoms with Crippen LogP contribution in [0.4, 0.5) is 0 Å². The van der Waals surface area contributed by atoms with Gasteiger partial charge in [0.15, 0.2) is 0 Å². The van der Waals surface area contributed by atoms with E-state index in [1.165, 1.54) is 0 Å². The Balaban J connectivity index is 1.97. The molecule has 0 radical (unpaired) electrons. The van der Waals surface area contributed by atoms with E-state index in [1.807, 2.05) is 7.11 Å². The first-order valence-corrected chi connectivity index (χ1v) is 5.16. The average molecular weight is 185 g/mol. The first-order valence-electron chi connectivity index (χ1n) is 5.16. The quantitative estimate of drug-likeness (QED) is 0.605. The van der Waals surface area contributed by atoms with Crippen LogP contribution in [-0.2, 0) is 9.47 Å². The van der Waals surface area contributed by atoms with Gasteiger partial charge >= 0.3 is 0 Å². The van der Waals surface area contributed by atoms with Gasteiger partial charge in [-0.2, -0.15) is 0 Å². The summed E-state index contributed by atoms with van der Waals surface area (Å²) in [6, 6.07) is 0.590. The van der Waals surface area contributed by atoms with Gasteiger partial charge in [-0.3, -0.25) is 4.90 Å². The van der Waals surface area contributed by atoms with Gasteiger partial charge in [0.25, 0.3) is 0 Å². The molecule has 0 aromatic carbocycles. The van der Waals surface area contributed by atoms with Crippen molar-refractivity contribution in [1.82, 2.24) is 4.90 Å². The molecule has 2 rings (SSSR count). The van der Waals surface area contributed by atoms with Gasteiger partial charge in [-0.05, 0) is 26.3 Å². The number of ether oxygens (including phenoxy) is 2. The lowest BCUT2D eigenvalue weighted by Gasteiger charge is -2.44. The molecule has 0 spiro atoms. The molecule has 0 bridgehead atoms. The van der Waals surface area contributed by atoms with E-state index in [4.69, 9.17) is 9.47 Å². The molecule has 3 atom stereocenters. The molecule has 0 aromatic heterocycles. The molecule has 0 amide bonds. The average Bonchev–Trinajstić information content (AvgIpc) is 2.18. The van der Waals surface area contributed by atoms with Crippen molar-refractivity contribution >= 4 is 0 Å². The molecule has 2 fully saturated rings. The Labute approximate surface area is 80.0 Å². The number of hydrogen-bond donors (Lipinski definition) is 0. The zero-order valence-corrected chi connectivity index (χ0v) is 8.53. The Kier molecular flexibility index (Phi) is 2.86. The SMILES string of the molecule is COC1CCC2OCCN(C)C2C1. The second-order valence-electron chi connectivity index (χ2n) is 4.13. The molecule has 1 aliphatic carbocycles. The number of likely N-dealkylation sites (N-methyl/N-ethyl adjacent to an activating group) is 1. The van der Waals surface area contributed by atoms with Gasteiger partial charge in [0.05, 0.1) is 18.8 Å². The minimum absolute atomic E-state index is 0.449. The predicted molar refractivity (Wildman–Crippen MR) is 50.8 cm³/mol. The lowest BCUT2D eigenvalue weighted by atomic mass is 9.88. The summed E-state index contributed by atoms with van der Waals surface area (Å²) in [5, 5.41) is 0. The number of nitrogens with zero attached hydrogens (tertiary/aromatic N) is 1. The molecule has 3 unspecified atom stereocenters. The van der Waals surface area contributed by atoms with E-state index in [1.54, 1.807) is 0 Å². The van der Waals surface area contributed by atoms with Gasteiger partial charge in [0, 0.05) is 19.7 Å². The highest BCUT2D eigenvalue weighted by Gasteiger charge is 2.35. The topological polar surface area (TPSA) is 21.7 Å². The van der Waals surface area contributed by atoms with Gasteiger partial charge in [0.2, 0.25) is 0 Å². The van der Waals surface area contributed by atoms with Crippen LogP contribution in [0, 0.1) is 0 Å². The van der Waals surface area contributed by atoms with Gasteiger partial charge in [-0.1, -0.05) is 0 Å². The number of fused-ring (bicyclic) bond motifs is 1. The fraction of sp³-hybridized carbons (Fsp3) is 1.00. The maximum atomic E-state index is 5.75. The van der Waals surface area contributed by atoms with Gasteiger partial charge in [-0.15, -0.1) is 0 Å². The number of rotatable bonds is 1. The van der Waals surface area contributed by atoms with Crippen LogP contribution < -0.4 is 0 Å². The van der Waals surface area contributed by atoms with Crippen molar-refractivity contribution in [2.75, 3.05) is 27.3 Å². The standard InChI is InChI=1S/C10H19NO2/c1-11-5-6-13-10-4-3-8(12-2)7-9(10)11/h8-10H,3-7H2,1-2H3. The molecule has 1 heterocycles. The fourth-order valence-corrected chi connectivity index (χ4v) is 2.47. The van der Waals surface area contributed by atoms with Crippen LogP contribution in [0.1, 0.15) is 19.3 Å². The lowest BCUT2D eigenvalue weighted by molar-refractivity contribution is -0.105. The Hall–Kier alpha value is -0.120. The zero-order chi connectivity index (χ0) is 9.26. The van der Waals surface area contributed by atoms with Crippen molar-refractivity contribution < 1.29 is 9.47 Å². The number of methoxy groups -OCH3 is 1. The third-order valence-corrected chi connectivity index (χ3v) is 3.38. The largest absolute Gasteiger partial charge is 0.381 e. The van der Waals surface area contributed by atoms with Crippen molar-refractivity contribution in [2.24, 2.45) is 0 Å². The molecule has 13 heavy (non-hydrogen) atoms. The van der Waals surface area contributed by atoms with E-state index in [0.29, 0.717) is 18.2 Å². The molecule has 0 aromatic rings. The molecule has 3 heteroatoms. The maximum absolute atomic E-state index is 5.75. The van der Waals surface area contributed by atoms with Gasteiger partial charge in [-0.25, -0.2) is 0 Å². The van der Waals surface area contributed by atoms with Crippen LogP contribution in [0.5, 0.6) is 0 Å². The van der Waals surface area contributed by atoms with E-state index < -0.39 is 0 Å². The van der Waals surface area contributed by atoms with Crippen LogP contribution in [0.15, 0.2) is 0 Å². The normalized spacial score (nSPS) is 41.5. The fourth-order valence-electron chi connectivity index (χ4n) is 2.47. The van der Waals surface area contributed by atoms with E-state index in [2.05, 4.69) is 11.9 Å². The highest BCUT2D eigenvalue weighted by atomic mass is 16.5. The van der Waals surface area contributed by atoms with Crippen molar-refractivity contribution in [3.05, 3.63) is 0 Å². The molecule has 1 aliphatic heterocycles. The molecule has 3 nitrogen and oxygen atoms in total. The Morgan fingerprint density at radius 1 is 1.38 bits per heavy atom. The smallest absolute Gasteiger partial charge is 0.0732 e. The van der Waals surface area contributed by atoms with Gasteiger partial charge in [0.1, 0.15) is 0 Å². The van der Waals surface area contributed by atoms with E-state index in [9.17, 15) is 0 Å². The monoisotopic (exact) mass is 185 g/mol. The summed E-state index contributed by atoms with van der Waals surface area (Å²) >= 11 is 0. The minimum Gasteiger partial charge on any atom is -0.381 e. The molecule has 0 N–H and O–H groups in total. The Bertz CT molecular complexity index is 174.